The minimum absolute atomic E-state index is 0.0521. The maximum Gasteiger partial charge on any atom is 0.387 e. The molecule has 2 aromatic rings. The van der Waals surface area contributed by atoms with Crippen LogP contribution in [0, 0.1) is 0 Å². The number of hydrogen-bond acceptors (Lipinski definition) is 5. The second-order valence-electron chi connectivity index (χ2n) is 6.37. The van der Waals surface area contributed by atoms with Crippen LogP contribution in [0.3, 0.4) is 0 Å². The second-order valence-corrected chi connectivity index (χ2v) is 7.46. The van der Waals surface area contributed by atoms with Crippen LogP contribution >= 0.6 is 11.3 Å². The number of carbonyl (C=O) groups is 2. The molecule has 1 aromatic carbocycles. The number of nitrogens with one attached hydrogen (secondary N) is 1. The molecule has 0 bridgehead atoms. The number of thiophene rings is 1. The van der Waals surface area contributed by atoms with E-state index in [0.717, 1.165) is 18.4 Å². The summed E-state index contributed by atoms with van der Waals surface area (Å²) < 4.78 is 34.5. The zero-order valence-corrected chi connectivity index (χ0v) is 16.2. The Morgan fingerprint density at radius 1 is 1.25 bits per heavy atom. The Bertz CT molecular complexity index is 867. The first-order valence-electron chi connectivity index (χ1n) is 8.67. The first-order valence-corrected chi connectivity index (χ1v) is 9.49. The number of nitrogens with zero attached hydrogens (tertiary/aromatic N) is 1. The number of ether oxygens (including phenoxy) is 2. The molecule has 0 radical (unpaired) electrons. The molecule has 6 nitrogen and oxygen atoms in total. The molecule has 1 fully saturated rings. The SMILES string of the molecule is COc1cc(CN(C(=O)c2ccc(NC(C)=O)s2)C2CC2)ccc1OC(F)F. The van der Waals surface area contributed by atoms with E-state index < -0.39 is 6.61 Å². The Kier molecular flexibility index (Phi) is 6.13. The minimum Gasteiger partial charge on any atom is -0.493 e. The van der Waals surface area contributed by atoms with Gasteiger partial charge in [-0.1, -0.05) is 6.07 Å². The fourth-order valence-corrected chi connectivity index (χ4v) is 3.70. The van der Waals surface area contributed by atoms with Gasteiger partial charge in [0.2, 0.25) is 5.91 Å². The van der Waals surface area contributed by atoms with Crippen molar-refractivity contribution in [1.82, 2.24) is 4.90 Å². The Hall–Kier alpha value is -2.68. The lowest BCUT2D eigenvalue weighted by atomic mass is 10.1. The number of amides is 2. The minimum atomic E-state index is -2.94. The molecule has 1 aliphatic rings. The summed E-state index contributed by atoms with van der Waals surface area (Å²) in [6.45, 7) is -1.21. The van der Waals surface area contributed by atoms with Crippen LogP contribution in [0.5, 0.6) is 11.5 Å². The van der Waals surface area contributed by atoms with E-state index in [1.807, 2.05) is 0 Å². The van der Waals surface area contributed by atoms with Crippen molar-refractivity contribution in [3.63, 3.8) is 0 Å². The molecule has 1 saturated carbocycles. The van der Waals surface area contributed by atoms with E-state index in [0.29, 0.717) is 16.4 Å². The van der Waals surface area contributed by atoms with E-state index >= 15 is 0 Å². The Morgan fingerprint density at radius 3 is 2.61 bits per heavy atom. The quantitative estimate of drug-likeness (QED) is 0.711. The number of benzene rings is 1. The van der Waals surface area contributed by atoms with E-state index in [-0.39, 0.29) is 29.4 Å². The molecule has 2 amide bonds. The van der Waals surface area contributed by atoms with Crippen molar-refractivity contribution in [2.24, 2.45) is 0 Å². The molecule has 9 heteroatoms. The zero-order valence-electron chi connectivity index (χ0n) is 15.4. The molecule has 0 saturated heterocycles. The monoisotopic (exact) mass is 410 g/mol. The summed E-state index contributed by atoms with van der Waals surface area (Å²) >= 11 is 1.22. The van der Waals surface area contributed by atoms with Gasteiger partial charge in [-0.15, -0.1) is 11.3 Å². The number of alkyl halides is 2. The summed E-state index contributed by atoms with van der Waals surface area (Å²) in [6.07, 6.45) is 1.83. The summed E-state index contributed by atoms with van der Waals surface area (Å²) in [6, 6.07) is 8.17. The van der Waals surface area contributed by atoms with E-state index in [4.69, 9.17) is 4.74 Å². The molecule has 3 rings (SSSR count). The normalized spacial score (nSPS) is 13.3. The smallest absolute Gasteiger partial charge is 0.387 e. The van der Waals surface area contributed by atoms with Crippen molar-refractivity contribution in [1.29, 1.82) is 0 Å². The van der Waals surface area contributed by atoms with Gasteiger partial charge < -0.3 is 19.7 Å². The zero-order chi connectivity index (χ0) is 20.3. The van der Waals surface area contributed by atoms with Crippen molar-refractivity contribution in [3.8, 4) is 11.5 Å². The van der Waals surface area contributed by atoms with Crippen molar-refractivity contribution in [3.05, 3.63) is 40.8 Å². The van der Waals surface area contributed by atoms with Crippen LogP contribution in [-0.2, 0) is 11.3 Å². The summed E-state index contributed by atoms with van der Waals surface area (Å²) in [4.78, 5) is 26.4. The highest BCUT2D eigenvalue weighted by Crippen LogP contribution is 2.34. The molecular weight excluding hydrogens is 390 g/mol. The number of anilines is 1. The van der Waals surface area contributed by atoms with Gasteiger partial charge in [0.05, 0.1) is 17.0 Å². The first-order chi connectivity index (χ1) is 13.4. The predicted molar refractivity (Wildman–Crippen MR) is 101 cm³/mol. The molecule has 28 heavy (non-hydrogen) atoms. The maximum atomic E-state index is 13.0. The van der Waals surface area contributed by atoms with Gasteiger partial charge in [0, 0.05) is 19.5 Å². The van der Waals surface area contributed by atoms with Crippen molar-refractivity contribution < 1.29 is 27.8 Å². The Balaban J connectivity index is 1.77. The van der Waals surface area contributed by atoms with Gasteiger partial charge in [0.25, 0.3) is 5.91 Å². The maximum absolute atomic E-state index is 13.0. The van der Waals surface area contributed by atoms with Crippen LogP contribution in [-0.4, -0.2) is 36.5 Å². The largest absolute Gasteiger partial charge is 0.493 e. The van der Waals surface area contributed by atoms with Crippen LogP contribution < -0.4 is 14.8 Å². The van der Waals surface area contributed by atoms with Crippen LogP contribution in [0.2, 0.25) is 0 Å². The fraction of sp³-hybridized carbons (Fsp3) is 0.368. The van der Waals surface area contributed by atoms with Crippen LogP contribution in [0.15, 0.2) is 30.3 Å². The molecule has 0 spiro atoms. The lowest BCUT2D eigenvalue weighted by Gasteiger charge is -2.22. The van der Waals surface area contributed by atoms with Crippen LogP contribution in [0.4, 0.5) is 13.8 Å². The number of carbonyl (C=O) groups excluding carboxylic acids is 2. The molecule has 0 unspecified atom stereocenters. The molecule has 1 aromatic heterocycles. The van der Waals surface area contributed by atoms with Gasteiger partial charge in [-0.3, -0.25) is 9.59 Å². The molecule has 0 atom stereocenters. The van der Waals surface area contributed by atoms with Crippen molar-refractivity contribution >= 4 is 28.2 Å². The van der Waals surface area contributed by atoms with Gasteiger partial charge >= 0.3 is 6.61 Å². The van der Waals surface area contributed by atoms with E-state index in [9.17, 15) is 18.4 Å². The third-order valence-corrected chi connectivity index (χ3v) is 5.15. The van der Waals surface area contributed by atoms with Crippen molar-refractivity contribution in [2.45, 2.75) is 39.0 Å². The van der Waals surface area contributed by atoms with Gasteiger partial charge in [-0.2, -0.15) is 8.78 Å². The Labute approximate surface area is 165 Å². The number of rotatable bonds is 8. The lowest BCUT2D eigenvalue weighted by molar-refractivity contribution is -0.114. The molecule has 0 aliphatic heterocycles. The highest BCUT2D eigenvalue weighted by atomic mass is 32.1. The Morgan fingerprint density at radius 2 is 2.00 bits per heavy atom. The van der Waals surface area contributed by atoms with E-state index in [1.165, 1.54) is 31.4 Å². The summed E-state index contributed by atoms with van der Waals surface area (Å²) in [5.74, 6) is -0.192. The van der Waals surface area contributed by atoms with E-state index in [1.54, 1.807) is 29.2 Å². The summed E-state index contributed by atoms with van der Waals surface area (Å²) in [7, 11) is 1.37. The highest BCUT2D eigenvalue weighted by Gasteiger charge is 2.34. The third kappa shape index (κ3) is 4.98. The average molecular weight is 410 g/mol. The molecule has 1 N–H and O–H groups in total. The van der Waals surface area contributed by atoms with Gasteiger partial charge in [-0.25, -0.2) is 0 Å². The summed E-state index contributed by atoms with van der Waals surface area (Å²) in [5, 5.41) is 3.28. The summed E-state index contributed by atoms with van der Waals surface area (Å²) in [5.41, 5.74) is 0.748. The molecule has 1 heterocycles. The van der Waals surface area contributed by atoms with Crippen LogP contribution in [0.25, 0.3) is 0 Å². The van der Waals surface area contributed by atoms with Gasteiger partial charge in [0.15, 0.2) is 11.5 Å². The number of halogens is 2. The topological polar surface area (TPSA) is 67.9 Å². The third-order valence-electron chi connectivity index (χ3n) is 4.16. The van der Waals surface area contributed by atoms with E-state index in [2.05, 4.69) is 10.1 Å². The molecule has 1 aliphatic carbocycles. The predicted octanol–water partition coefficient (Wildman–Crippen LogP) is 4.12. The van der Waals surface area contributed by atoms with Crippen LogP contribution in [0.1, 0.15) is 35.0 Å². The standard InChI is InChI=1S/C19H20F2N2O4S/c1-11(24)22-17-8-7-16(28-17)18(25)23(13-4-5-13)10-12-3-6-14(27-19(20)21)15(9-12)26-2/h3,6-9,13,19H,4-5,10H2,1-2H3,(H,22,24). The lowest BCUT2D eigenvalue weighted by Crippen LogP contribution is -2.32. The molecule has 150 valence electrons. The van der Waals surface area contributed by atoms with Crippen molar-refractivity contribution in [2.75, 3.05) is 12.4 Å². The average Bonchev–Trinajstić information content (AvgIpc) is 3.38. The highest BCUT2D eigenvalue weighted by molar-refractivity contribution is 7.18. The number of methoxy groups -OCH3 is 1. The molecular formula is C19H20F2N2O4S. The first kappa shape index (κ1) is 20.1. The second kappa shape index (κ2) is 8.55. The van der Waals surface area contributed by atoms with Gasteiger partial charge in [0.1, 0.15) is 0 Å². The van der Waals surface area contributed by atoms with Gasteiger partial charge in [-0.05, 0) is 42.7 Å². The number of hydrogen-bond donors (Lipinski definition) is 1. The fourth-order valence-electron chi connectivity index (χ4n) is 2.79.